The molecule has 1 N–H and O–H groups in total. The summed E-state index contributed by atoms with van der Waals surface area (Å²) in [5, 5.41) is 2.65. The Hall–Kier alpha value is -2.18. The summed E-state index contributed by atoms with van der Waals surface area (Å²) in [5.74, 6) is 0.106. The maximum absolute atomic E-state index is 11.8. The Morgan fingerprint density at radius 1 is 1.29 bits per heavy atom. The predicted molar refractivity (Wildman–Crippen MR) is 75.5 cm³/mol. The number of esters is 1. The summed E-state index contributed by atoms with van der Waals surface area (Å²) in [6.07, 6.45) is 2.95. The van der Waals surface area contributed by atoms with E-state index in [9.17, 15) is 9.59 Å². The summed E-state index contributed by atoms with van der Waals surface area (Å²) in [6, 6.07) is 1.20. The minimum atomic E-state index is -0.608. The summed E-state index contributed by atoms with van der Waals surface area (Å²) in [7, 11) is 1.30. The number of amides is 1. The average Bonchev–Trinajstić information content (AvgIpc) is 2.37. The lowest BCUT2D eigenvalue weighted by molar-refractivity contribution is -0.141. The minimum Gasteiger partial charge on any atom is -0.469 e. The first-order valence-corrected chi connectivity index (χ1v) is 6.62. The normalized spacial score (nSPS) is 12.4. The van der Waals surface area contributed by atoms with E-state index in [4.69, 9.17) is 4.74 Å². The van der Waals surface area contributed by atoms with Crippen LogP contribution >= 0.6 is 0 Å². The third kappa shape index (κ3) is 7.24. The molecular formula is C14H21N3O4. The molecule has 1 rings (SSSR count). The molecule has 0 aliphatic heterocycles. The second kappa shape index (κ2) is 7.56. The number of carbonyl (C=O) groups is 2. The summed E-state index contributed by atoms with van der Waals surface area (Å²) in [5.41, 5.74) is -0.608. The van der Waals surface area contributed by atoms with Crippen LogP contribution in [0.5, 0.6) is 0 Å². The van der Waals surface area contributed by atoms with Gasteiger partial charge in [-0.3, -0.25) is 4.79 Å². The fourth-order valence-corrected chi connectivity index (χ4v) is 1.59. The number of hydrogen-bond acceptors (Lipinski definition) is 6. The van der Waals surface area contributed by atoms with E-state index >= 15 is 0 Å². The third-order valence-corrected chi connectivity index (χ3v) is 2.41. The van der Waals surface area contributed by atoms with Crippen molar-refractivity contribution < 1.29 is 19.1 Å². The van der Waals surface area contributed by atoms with E-state index in [0.29, 0.717) is 12.2 Å². The van der Waals surface area contributed by atoms with Gasteiger partial charge in [0, 0.05) is 24.9 Å². The molecule has 0 spiro atoms. The van der Waals surface area contributed by atoms with Crippen LogP contribution in [0.25, 0.3) is 0 Å². The Balaban J connectivity index is 2.68. The molecule has 0 saturated carbocycles. The van der Waals surface area contributed by atoms with Crippen LogP contribution in [0.3, 0.4) is 0 Å². The second-order valence-corrected chi connectivity index (χ2v) is 5.49. The molecule has 0 saturated heterocycles. The van der Waals surface area contributed by atoms with Crippen molar-refractivity contribution in [3.63, 3.8) is 0 Å². The molecule has 1 atom stereocenters. The highest BCUT2D eigenvalue weighted by Gasteiger charge is 2.22. The van der Waals surface area contributed by atoms with Crippen LogP contribution in [0.2, 0.25) is 0 Å². The molecule has 0 aliphatic rings. The van der Waals surface area contributed by atoms with Gasteiger partial charge in [0.2, 0.25) is 0 Å². The van der Waals surface area contributed by atoms with Gasteiger partial charge >= 0.3 is 12.1 Å². The number of alkyl carbamates (subject to hydrolysis) is 1. The lowest BCUT2D eigenvalue weighted by Crippen LogP contribution is -2.41. The van der Waals surface area contributed by atoms with E-state index in [1.165, 1.54) is 7.11 Å². The number of hydrogen-bond donors (Lipinski definition) is 1. The lowest BCUT2D eigenvalue weighted by Gasteiger charge is -2.23. The molecule has 1 aromatic heterocycles. The first kappa shape index (κ1) is 16.9. The fourth-order valence-electron chi connectivity index (χ4n) is 1.59. The van der Waals surface area contributed by atoms with Crippen molar-refractivity contribution >= 4 is 12.1 Å². The SMILES string of the molecule is COC(=O)C[C@@H](Cc1ncccn1)NC(=O)OC(C)(C)C. The first-order chi connectivity index (χ1) is 9.80. The van der Waals surface area contributed by atoms with E-state index in [1.54, 1.807) is 39.2 Å². The van der Waals surface area contributed by atoms with Gasteiger partial charge in [-0.15, -0.1) is 0 Å². The zero-order valence-electron chi connectivity index (χ0n) is 12.8. The van der Waals surface area contributed by atoms with Gasteiger partial charge in [-0.2, -0.15) is 0 Å². The molecule has 0 fully saturated rings. The van der Waals surface area contributed by atoms with E-state index in [2.05, 4.69) is 20.0 Å². The Labute approximate surface area is 124 Å². The van der Waals surface area contributed by atoms with Crippen LogP contribution in [0.1, 0.15) is 33.0 Å². The molecule has 0 aromatic carbocycles. The van der Waals surface area contributed by atoms with Gasteiger partial charge in [-0.1, -0.05) is 0 Å². The maximum Gasteiger partial charge on any atom is 0.407 e. The third-order valence-electron chi connectivity index (χ3n) is 2.41. The summed E-state index contributed by atoms with van der Waals surface area (Å²) >= 11 is 0. The quantitative estimate of drug-likeness (QED) is 0.827. The molecule has 0 bridgehead atoms. The number of nitrogens with one attached hydrogen (secondary N) is 1. The van der Waals surface area contributed by atoms with Gasteiger partial charge in [-0.05, 0) is 26.8 Å². The largest absolute Gasteiger partial charge is 0.469 e. The highest BCUT2D eigenvalue weighted by atomic mass is 16.6. The molecule has 1 aromatic rings. The number of methoxy groups -OCH3 is 1. The molecule has 1 heterocycles. The maximum atomic E-state index is 11.8. The van der Waals surface area contributed by atoms with E-state index in [1.807, 2.05) is 0 Å². The zero-order chi connectivity index (χ0) is 15.9. The van der Waals surface area contributed by atoms with Crippen LogP contribution in [-0.4, -0.2) is 40.8 Å². The van der Waals surface area contributed by atoms with E-state index in [0.717, 1.165) is 0 Å². The zero-order valence-corrected chi connectivity index (χ0v) is 12.8. The number of rotatable bonds is 5. The van der Waals surface area contributed by atoms with Crippen LogP contribution in [0.4, 0.5) is 4.79 Å². The first-order valence-electron chi connectivity index (χ1n) is 6.62. The van der Waals surface area contributed by atoms with Gasteiger partial charge in [0.1, 0.15) is 11.4 Å². The highest BCUT2D eigenvalue weighted by molar-refractivity contribution is 5.72. The summed E-state index contributed by atoms with van der Waals surface area (Å²) in [4.78, 5) is 31.4. The number of carbonyl (C=O) groups excluding carboxylic acids is 2. The van der Waals surface area contributed by atoms with Crippen molar-refractivity contribution in [2.75, 3.05) is 7.11 Å². The molecule has 0 aliphatic carbocycles. The molecule has 116 valence electrons. The molecule has 7 nitrogen and oxygen atoms in total. The Morgan fingerprint density at radius 3 is 2.43 bits per heavy atom. The van der Waals surface area contributed by atoms with Crippen molar-refractivity contribution in [1.82, 2.24) is 15.3 Å². The monoisotopic (exact) mass is 295 g/mol. The Kier molecular flexibility index (Phi) is 6.08. The smallest absolute Gasteiger partial charge is 0.407 e. The molecular weight excluding hydrogens is 274 g/mol. The number of aromatic nitrogens is 2. The molecule has 21 heavy (non-hydrogen) atoms. The van der Waals surface area contributed by atoms with E-state index in [-0.39, 0.29) is 6.42 Å². The second-order valence-electron chi connectivity index (χ2n) is 5.49. The van der Waals surface area contributed by atoms with Crippen molar-refractivity contribution in [2.24, 2.45) is 0 Å². The van der Waals surface area contributed by atoms with Gasteiger partial charge in [0.25, 0.3) is 0 Å². The van der Waals surface area contributed by atoms with Crippen LogP contribution in [0.15, 0.2) is 18.5 Å². The Morgan fingerprint density at radius 2 is 1.90 bits per heavy atom. The van der Waals surface area contributed by atoms with Crippen molar-refractivity contribution in [1.29, 1.82) is 0 Å². The van der Waals surface area contributed by atoms with Crippen LogP contribution < -0.4 is 5.32 Å². The summed E-state index contributed by atoms with van der Waals surface area (Å²) < 4.78 is 9.81. The van der Waals surface area contributed by atoms with Crippen molar-refractivity contribution in [3.05, 3.63) is 24.3 Å². The van der Waals surface area contributed by atoms with Crippen molar-refractivity contribution in [3.8, 4) is 0 Å². The van der Waals surface area contributed by atoms with Crippen molar-refractivity contribution in [2.45, 2.75) is 45.3 Å². The topological polar surface area (TPSA) is 90.4 Å². The standard InChI is InChI=1S/C14H21N3O4/c1-14(2,3)21-13(19)17-10(9-12(18)20-4)8-11-15-6-5-7-16-11/h5-7,10H,8-9H2,1-4H3,(H,17,19)/t10-/m1/s1. The van der Waals surface area contributed by atoms with E-state index < -0.39 is 23.7 Å². The Bertz CT molecular complexity index is 471. The fraction of sp³-hybridized carbons (Fsp3) is 0.571. The van der Waals surface area contributed by atoms with Gasteiger partial charge in [0.05, 0.1) is 13.5 Å². The minimum absolute atomic E-state index is 0.0218. The van der Waals surface area contributed by atoms with Crippen LogP contribution in [-0.2, 0) is 20.7 Å². The highest BCUT2D eigenvalue weighted by Crippen LogP contribution is 2.08. The number of ether oxygens (including phenoxy) is 2. The lowest BCUT2D eigenvalue weighted by atomic mass is 10.1. The summed E-state index contributed by atoms with van der Waals surface area (Å²) in [6.45, 7) is 5.30. The molecule has 7 heteroatoms. The van der Waals surface area contributed by atoms with Crippen LogP contribution in [0, 0.1) is 0 Å². The van der Waals surface area contributed by atoms with Gasteiger partial charge in [-0.25, -0.2) is 14.8 Å². The molecule has 0 unspecified atom stereocenters. The van der Waals surface area contributed by atoms with Gasteiger partial charge in [0.15, 0.2) is 0 Å². The van der Waals surface area contributed by atoms with Gasteiger partial charge < -0.3 is 14.8 Å². The average molecular weight is 295 g/mol. The number of nitrogens with zero attached hydrogens (tertiary/aromatic N) is 2. The predicted octanol–water partition coefficient (Wildman–Crippen LogP) is 1.48. The molecule has 1 amide bonds. The molecule has 0 radical (unpaired) electrons.